The van der Waals surface area contributed by atoms with Crippen LogP contribution in [0.3, 0.4) is 0 Å². The summed E-state index contributed by atoms with van der Waals surface area (Å²) in [7, 11) is 0. The molecule has 8 nitrogen and oxygen atoms in total. The largest absolute Gasteiger partial charge is 0.383 e. The van der Waals surface area contributed by atoms with Gasteiger partial charge in [0.05, 0.1) is 11.4 Å². The summed E-state index contributed by atoms with van der Waals surface area (Å²) in [4.78, 5) is 21.7. The summed E-state index contributed by atoms with van der Waals surface area (Å²) in [5.74, 6) is 0.250. The number of aromatic nitrogens is 4. The molecule has 1 fully saturated rings. The molecule has 0 spiro atoms. The van der Waals surface area contributed by atoms with Crippen LogP contribution in [-0.2, 0) is 12.0 Å². The topological polar surface area (TPSA) is 111 Å². The molecule has 1 atom stereocenters. The Labute approximate surface area is 211 Å². The van der Waals surface area contributed by atoms with Crippen molar-refractivity contribution in [1.29, 1.82) is 0 Å². The highest BCUT2D eigenvalue weighted by Crippen LogP contribution is 2.33. The van der Waals surface area contributed by atoms with Gasteiger partial charge in [0.2, 0.25) is 0 Å². The molecule has 2 aromatic heterocycles. The number of nitrogens with one attached hydrogen (secondary N) is 2. The maximum atomic E-state index is 13.0. The van der Waals surface area contributed by atoms with Crippen molar-refractivity contribution in [3.8, 4) is 11.3 Å². The van der Waals surface area contributed by atoms with Crippen LogP contribution in [0, 0.1) is 0 Å². The fourth-order valence-corrected chi connectivity index (χ4v) is 4.71. The first kappa shape index (κ1) is 23.9. The van der Waals surface area contributed by atoms with E-state index in [2.05, 4.69) is 65.6 Å². The molecule has 1 amide bonds. The van der Waals surface area contributed by atoms with Crippen LogP contribution >= 0.6 is 0 Å². The summed E-state index contributed by atoms with van der Waals surface area (Å²) < 4.78 is 1.96. The van der Waals surface area contributed by atoms with E-state index < -0.39 is 0 Å². The molecule has 0 unspecified atom stereocenters. The van der Waals surface area contributed by atoms with E-state index in [1.807, 2.05) is 28.9 Å². The van der Waals surface area contributed by atoms with Gasteiger partial charge in [-0.3, -0.25) is 4.79 Å². The van der Waals surface area contributed by atoms with Gasteiger partial charge in [-0.15, -0.1) is 0 Å². The van der Waals surface area contributed by atoms with E-state index in [0.29, 0.717) is 23.6 Å². The number of nitrogen functional groups attached to an aromatic ring is 1. The average molecular weight is 484 g/mol. The summed E-state index contributed by atoms with van der Waals surface area (Å²) in [5.41, 5.74) is 11.5. The first-order valence-electron chi connectivity index (χ1n) is 12.5. The van der Waals surface area contributed by atoms with E-state index in [1.54, 1.807) is 0 Å². The third kappa shape index (κ3) is 4.81. The molecular formula is C28H33N7O. The molecular weight excluding hydrogens is 450 g/mol. The minimum absolute atomic E-state index is 0.0985. The lowest BCUT2D eigenvalue weighted by molar-refractivity contribution is 0.0951. The quantitative estimate of drug-likeness (QED) is 0.392. The number of fused-ring (bicyclic) bond motifs is 1. The number of carbonyl (C=O) groups is 1. The van der Waals surface area contributed by atoms with Gasteiger partial charge in [-0.2, -0.15) is 5.10 Å². The third-order valence-electron chi connectivity index (χ3n) is 6.81. The molecule has 5 rings (SSSR count). The highest BCUT2D eigenvalue weighted by Gasteiger charge is 2.24. The van der Waals surface area contributed by atoms with Crippen molar-refractivity contribution in [3.63, 3.8) is 0 Å². The zero-order valence-corrected chi connectivity index (χ0v) is 21.1. The number of carbonyl (C=O) groups excluding carboxylic acids is 1. The van der Waals surface area contributed by atoms with Crippen molar-refractivity contribution in [2.75, 3.05) is 18.8 Å². The predicted octanol–water partition coefficient (Wildman–Crippen LogP) is 4.23. The lowest BCUT2D eigenvalue weighted by Crippen LogP contribution is -2.32. The second-order valence-electron chi connectivity index (χ2n) is 10.5. The van der Waals surface area contributed by atoms with Gasteiger partial charge in [-0.25, -0.2) is 14.6 Å². The lowest BCUT2D eigenvalue weighted by atomic mass is 9.87. The van der Waals surface area contributed by atoms with Crippen molar-refractivity contribution >= 4 is 22.8 Å². The summed E-state index contributed by atoms with van der Waals surface area (Å²) >= 11 is 0. The zero-order chi connectivity index (χ0) is 25.3. The number of piperidine rings is 1. The van der Waals surface area contributed by atoms with Gasteiger partial charge >= 0.3 is 0 Å². The Morgan fingerprint density at radius 1 is 1.17 bits per heavy atom. The molecule has 3 heterocycles. The minimum Gasteiger partial charge on any atom is -0.383 e. The van der Waals surface area contributed by atoms with Crippen molar-refractivity contribution in [1.82, 2.24) is 30.4 Å². The Bertz CT molecular complexity index is 1380. The molecule has 186 valence electrons. The summed E-state index contributed by atoms with van der Waals surface area (Å²) in [6.07, 6.45) is 3.58. The summed E-state index contributed by atoms with van der Waals surface area (Å²) in [6, 6.07) is 16.1. The van der Waals surface area contributed by atoms with Crippen LogP contribution in [0.15, 0.2) is 54.9 Å². The number of hydrogen-bond donors (Lipinski definition) is 3. The van der Waals surface area contributed by atoms with Gasteiger partial charge in [-0.1, -0.05) is 57.2 Å². The van der Waals surface area contributed by atoms with Gasteiger partial charge in [0.1, 0.15) is 17.8 Å². The van der Waals surface area contributed by atoms with Gasteiger partial charge in [0.15, 0.2) is 5.65 Å². The number of benzene rings is 2. The van der Waals surface area contributed by atoms with E-state index in [9.17, 15) is 4.79 Å². The monoisotopic (exact) mass is 483 g/mol. The SMILES string of the molecule is CC(C)(C)c1ccc(CNC(=O)c2cccc(-c3nn([C@@H]4CCCNC4)c4ncnc(N)c34)c2)cc1. The van der Waals surface area contributed by atoms with Gasteiger partial charge in [-0.05, 0) is 48.1 Å². The maximum Gasteiger partial charge on any atom is 0.251 e. The molecule has 4 aromatic rings. The first-order valence-corrected chi connectivity index (χ1v) is 12.5. The average Bonchev–Trinajstić information content (AvgIpc) is 3.29. The number of amides is 1. The Kier molecular flexibility index (Phi) is 6.45. The zero-order valence-electron chi connectivity index (χ0n) is 21.1. The number of nitrogens with zero attached hydrogens (tertiary/aromatic N) is 4. The van der Waals surface area contributed by atoms with Gasteiger partial charge < -0.3 is 16.4 Å². The summed E-state index contributed by atoms with van der Waals surface area (Å²) in [5, 5.41) is 12.1. The molecule has 1 saturated heterocycles. The number of nitrogens with two attached hydrogens (primary N) is 1. The lowest BCUT2D eigenvalue weighted by Gasteiger charge is -2.23. The fraction of sp³-hybridized carbons (Fsp3) is 0.357. The Hall–Kier alpha value is -3.78. The molecule has 8 heteroatoms. The molecule has 0 bridgehead atoms. The van der Waals surface area contributed by atoms with E-state index in [4.69, 9.17) is 10.8 Å². The van der Waals surface area contributed by atoms with E-state index in [0.717, 1.165) is 48.1 Å². The minimum atomic E-state index is -0.138. The molecule has 0 aliphatic carbocycles. The van der Waals surface area contributed by atoms with Crippen LogP contribution in [0.25, 0.3) is 22.3 Å². The Balaban J connectivity index is 1.40. The first-order chi connectivity index (χ1) is 17.3. The van der Waals surface area contributed by atoms with Crippen LogP contribution in [0.1, 0.15) is 61.1 Å². The van der Waals surface area contributed by atoms with Crippen molar-refractivity contribution in [2.45, 2.75) is 51.6 Å². The van der Waals surface area contributed by atoms with Crippen LogP contribution < -0.4 is 16.4 Å². The third-order valence-corrected chi connectivity index (χ3v) is 6.81. The maximum absolute atomic E-state index is 13.0. The highest BCUT2D eigenvalue weighted by atomic mass is 16.1. The second-order valence-corrected chi connectivity index (χ2v) is 10.5. The fourth-order valence-electron chi connectivity index (χ4n) is 4.71. The molecule has 1 aliphatic heterocycles. The molecule has 0 saturated carbocycles. The van der Waals surface area contributed by atoms with E-state index in [-0.39, 0.29) is 17.4 Å². The molecule has 36 heavy (non-hydrogen) atoms. The number of hydrogen-bond acceptors (Lipinski definition) is 6. The smallest absolute Gasteiger partial charge is 0.251 e. The second kappa shape index (κ2) is 9.70. The predicted molar refractivity (Wildman–Crippen MR) is 143 cm³/mol. The van der Waals surface area contributed by atoms with Crippen molar-refractivity contribution in [2.24, 2.45) is 0 Å². The van der Waals surface area contributed by atoms with Crippen LogP contribution in [0.5, 0.6) is 0 Å². The molecule has 0 radical (unpaired) electrons. The Morgan fingerprint density at radius 3 is 2.69 bits per heavy atom. The standard InChI is InChI=1S/C28H33N7O/c1-28(2,3)21-11-9-18(10-12-21)15-31-27(36)20-7-4-6-19(14-20)24-23-25(29)32-17-33-26(23)35(34-24)22-8-5-13-30-16-22/h4,6-7,9-12,14,17,22,30H,5,8,13,15-16H2,1-3H3,(H,31,36)(H2,29,32,33)/t22-/m1/s1. The van der Waals surface area contributed by atoms with Crippen molar-refractivity contribution in [3.05, 3.63) is 71.5 Å². The van der Waals surface area contributed by atoms with E-state index >= 15 is 0 Å². The van der Waals surface area contributed by atoms with Crippen LogP contribution in [0.4, 0.5) is 5.82 Å². The van der Waals surface area contributed by atoms with E-state index in [1.165, 1.54) is 11.9 Å². The van der Waals surface area contributed by atoms with Crippen LogP contribution in [-0.4, -0.2) is 38.7 Å². The van der Waals surface area contributed by atoms with Crippen molar-refractivity contribution < 1.29 is 4.79 Å². The van der Waals surface area contributed by atoms with Gasteiger partial charge in [0.25, 0.3) is 5.91 Å². The Morgan fingerprint density at radius 2 is 1.97 bits per heavy atom. The highest BCUT2D eigenvalue weighted by molar-refractivity contribution is 6.00. The van der Waals surface area contributed by atoms with Crippen LogP contribution in [0.2, 0.25) is 0 Å². The normalized spacial score (nSPS) is 16.2. The summed E-state index contributed by atoms with van der Waals surface area (Å²) in [6.45, 7) is 8.87. The molecule has 1 aliphatic rings. The number of anilines is 1. The molecule has 2 aromatic carbocycles. The molecule has 4 N–H and O–H groups in total. The van der Waals surface area contributed by atoms with Gasteiger partial charge in [0, 0.05) is 24.2 Å². The number of rotatable bonds is 5.